The summed E-state index contributed by atoms with van der Waals surface area (Å²) in [6.07, 6.45) is 8.95. The van der Waals surface area contributed by atoms with Crippen molar-refractivity contribution in [2.45, 2.75) is 0 Å². The van der Waals surface area contributed by atoms with Crippen molar-refractivity contribution >= 4 is 17.9 Å². The molecule has 1 aliphatic rings. The summed E-state index contributed by atoms with van der Waals surface area (Å²) in [6, 6.07) is 21.8. The van der Waals surface area contributed by atoms with Crippen LogP contribution in [-0.4, -0.2) is 56.7 Å². The Morgan fingerprint density at radius 2 is 1.48 bits per heavy atom. The van der Waals surface area contributed by atoms with E-state index in [9.17, 15) is 4.79 Å². The Morgan fingerprint density at radius 3 is 2.18 bits per heavy atom. The topological polar surface area (TPSA) is 67.2 Å². The van der Waals surface area contributed by atoms with E-state index in [1.54, 1.807) is 24.5 Å². The first kappa shape index (κ1) is 20.6. The number of para-hydroxylation sites is 1. The van der Waals surface area contributed by atoms with E-state index in [1.807, 2.05) is 82.5 Å². The van der Waals surface area contributed by atoms with Crippen LogP contribution in [0.3, 0.4) is 0 Å². The lowest BCUT2D eigenvalue weighted by atomic mass is 10.1. The van der Waals surface area contributed by atoms with Gasteiger partial charge in [0, 0.05) is 62.0 Å². The smallest absolute Gasteiger partial charge is 0.246 e. The Kier molecular flexibility index (Phi) is 5.93. The van der Waals surface area contributed by atoms with E-state index >= 15 is 0 Å². The first-order valence-electron chi connectivity index (χ1n) is 11.0. The van der Waals surface area contributed by atoms with Crippen LogP contribution in [0.15, 0.2) is 91.4 Å². The van der Waals surface area contributed by atoms with Crippen molar-refractivity contribution in [3.8, 4) is 16.9 Å². The Bertz CT molecular complexity index is 1230. The number of piperazine rings is 1. The molecule has 0 aliphatic carbocycles. The summed E-state index contributed by atoms with van der Waals surface area (Å²) in [5, 5.41) is 4.80. The predicted octanol–water partition coefficient (Wildman–Crippen LogP) is 3.69. The number of anilines is 1. The van der Waals surface area contributed by atoms with Crippen molar-refractivity contribution in [3.63, 3.8) is 0 Å². The number of rotatable bonds is 5. The highest BCUT2D eigenvalue weighted by atomic mass is 16.2. The Morgan fingerprint density at radius 1 is 0.818 bits per heavy atom. The fourth-order valence-corrected chi connectivity index (χ4v) is 3.89. The summed E-state index contributed by atoms with van der Waals surface area (Å²) in [5.41, 5.74) is 3.72. The fraction of sp³-hybridized carbons (Fsp3) is 0.154. The van der Waals surface area contributed by atoms with Gasteiger partial charge in [0.25, 0.3) is 0 Å². The molecule has 0 radical (unpaired) electrons. The lowest BCUT2D eigenvalue weighted by molar-refractivity contribution is -0.126. The highest BCUT2D eigenvalue weighted by Crippen LogP contribution is 2.25. The third-order valence-electron chi connectivity index (χ3n) is 5.64. The Hall–Kier alpha value is -4.26. The summed E-state index contributed by atoms with van der Waals surface area (Å²) in [4.78, 5) is 25.5. The van der Waals surface area contributed by atoms with Gasteiger partial charge in [0.05, 0.1) is 11.4 Å². The van der Waals surface area contributed by atoms with Crippen LogP contribution >= 0.6 is 0 Å². The number of hydrogen-bond donors (Lipinski definition) is 0. The molecule has 1 amide bonds. The lowest BCUT2D eigenvalue weighted by Crippen LogP contribution is -2.48. The van der Waals surface area contributed by atoms with E-state index in [1.165, 1.54) is 0 Å². The van der Waals surface area contributed by atoms with Crippen molar-refractivity contribution in [1.29, 1.82) is 0 Å². The molecular weight excluding hydrogens is 412 g/mol. The summed E-state index contributed by atoms with van der Waals surface area (Å²) in [7, 11) is 0. The third-order valence-corrected chi connectivity index (χ3v) is 5.64. The predicted molar refractivity (Wildman–Crippen MR) is 129 cm³/mol. The second-order valence-corrected chi connectivity index (χ2v) is 7.77. The molecule has 1 aliphatic heterocycles. The van der Waals surface area contributed by atoms with Gasteiger partial charge in [0.1, 0.15) is 0 Å². The van der Waals surface area contributed by atoms with E-state index in [2.05, 4.69) is 14.9 Å². The first-order valence-corrected chi connectivity index (χ1v) is 11.0. The van der Waals surface area contributed by atoms with Crippen LogP contribution < -0.4 is 4.90 Å². The monoisotopic (exact) mass is 436 g/mol. The number of benzene rings is 2. The van der Waals surface area contributed by atoms with Crippen LogP contribution in [0, 0.1) is 0 Å². The fourth-order valence-electron chi connectivity index (χ4n) is 3.89. The van der Waals surface area contributed by atoms with Crippen LogP contribution in [0.1, 0.15) is 5.56 Å². The van der Waals surface area contributed by atoms with Gasteiger partial charge < -0.3 is 9.80 Å². The van der Waals surface area contributed by atoms with Gasteiger partial charge in [-0.3, -0.25) is 4.79 Å². The molecule has 3 heterocycles. The molecule has 7 heteroatoms. The highest BCUT2D eigenvalue weighted by molar-refractivity contribution is 5.93. The molecule has 5 rings (SSSR count). The van der Waals surface area contributed by atoms with Crippen LogP contribution in [0.5, 0.6) is 0 Å². The summed E-state index contributed by atoms with van der Waals surface area (Å²) in [6.45, 7) is 2.70. The molecule has 0 spiro atoms. The quantitative estimate of drug-likeness (QED) is 0.447. The molecule has 4 aromatic rings. The van der Waals surface area contributed by atoms with Gasteiger partial charge in [0.2, 0.25) is 11.9 Å². The molecular formula is C26H24N6O. The Balaban J connectivity index is 1.33. The molecule has 0 atom stereocenters. The average molecular weight is 437 g/mol. The number of carbonyl (C=O) groups is 1. The van der Waals surface area contributed by atoms with Crippen molar-refractivity contribution in [3.05, 3.63) is 97.0 Å². The van der Waals surface area contributed by atoms with Crippen molar-refractivity contribution in [2.24, 2.45) is 0 Å². The van der Waals surface area contributed by atoms with Gasteiger partial charge in [-0.25, -0.2) is 14.6 Å². The van der Waals surface area contributed by atoms with Crippen LogP contribution in [0.25, 0.3) is 23.0 Å². The zero-order valence-electron chi connectivity index (χ0n) is 18.2. The van der Waals surface area contributed by atoms with Gasteiger partial charge in [0.15, 0.2) is 0 Å². The molecule has 164 valence electrons. The molecule has 0 bridgehead atoms. The Labute approximate surface area is 192 Å². The molecule has 0 saturated carbocycles. The standard InChI is InChI=1S/C26H24N6O/c33-24(30-16-18-31(19-17-30)26-27-14-7-15-28-26)13-12-22-20-32(23-10-5-2-6-11-23)29-25(22)21-8-3-1-4-9-21/h1-15,20H,16-19H2. The molecule has 33 heavy (non-hydrogen) atoms. The van der Waals surface area contributed by atoms with E-state index in [0.717, 1.165) is 22.5 Å². The second kappa shape index (κ2) is 9.48. The maximum absolute atomic E-state index is 12.9. The maximum atomic E-state index is 12.9. The van der Waals surface area contributed by atoms with E-state index in [0.29, 0.717) is 32.1 Å². The van der Waals surface area contributed by atoms with Crippen LogP contribution in [0.4, 0.5) is 5.95 Å². The summed E-state index contributed by atoms with van der Waals surface area (Å²) >= 11 is 0. The minimum atomic E-state index is -0.00453. The minimum Gasteiger partial charge on any atom is -0.337 e. The molecule has 0 N–H and O–H groups in total. The second-order valence-electron chi connectivity index (χ2n) is 7.77. The highest BCUT2D eigenvalue weighted by Gasteiger charge is 2.21. The van der Waals surface area contributed by atoms with Gasteiger partial charge in [-0.2, -0.15) is 5.10 Å². The van der Waals surface area contributed by atoms with Crippen molar-refractivity contribution < 1.29 is 4.79 Å². The zero-order valence-corrected chi connectivity index (χ0v) is 18.2. The van der Waals surface area contributed by atoms with Crippen LogP contribution in [0.2, 0.25) is 0 Å². The molecule has 1 saturated heterocycles. The van der Waals surface area contributed by atoms with E-state index in [4.69, 9.17) is 5.10 Å². The molecule has 1 fully saturated rings. The van der Waals surface area contributed by atoms with E-state index < -0.39 is 0 Å². The lowest BCUT2D eigenvalue weighted by Gasteiger charge is -2.34. The number of carbonyl (C=O) groups excluding carboxylic acids is 1. The van der Waals surface area contributed by atoms with Gasteiger partial charge in [-0.05, 0) is 24.3 Å². The van der Waals surface area contributed by atoms with Crippen molar-refractivity contribution in [1.82, 2.24) is 24.6 Å². The molecule has 2 aromatic heterocycles. The SMILES string of the molecule is O=C(C=Cc1cn(-c2ccccc2)nc1-c1ccccc1)N1CCN(c2ncccn2)CC1. The maximum Gasteiger partial charge on any atom is 0.246 e. The minimum absolute atomic E-state index is 0.00453. The summed E-state index contributed by atoms with van der Waals surface area (Å²) in [5.74, 6) is 0.705. The number of hydrogen-bond acceptors (Lipinski definition) is 5. The normalized spacial score (nSPS) is 14.1. The van der Waals surface area contributed by atoms with E-state index in [-0.39, 0.29) is 5.91 Å². The summed E-state index contributed by atoms with van der Waals surface area (Å²) < 4.78 is 1.85. The largest absolute Gasteiger partial charge is 0.337 e. The number of aromatic nitrogens is 4. The molecule has 0 unspecified atom stereocenters. The van der Waals surface area contributed by atoms with Crippen LogP contribution in [-0.2, 0) is 4.79 Å². The third kappa shape index (κ3) is 4.67. The average Bonchev–Trinajstić information content (AvgIpc) is 3.33. The first-order chi connectivity index (χ1) is 16.3. The van der Waals surface area contributed by atoms with Gasteiger partial charge in [-0.1, -0.05) is 48.5 Å². The van der Waals surface area contributed by atoms with Crippen molar-refractivity contribution in [2.75, 3.05) is 31.1 Å². The number of nitrogens with zero attached hydrogens (tertiary/aromatic N) is 6. The molecule has 7 nitrogen and oxygen atoms in total. The zero-order chi connectivity index (χ0) is 22.5. The van der Waals surface area contributed by atoms with Gasteiger partial charge >= 0.3 is 0 Å². The number of amides is 1. The van der Waals surface area contributed by atoms with Gasteiger partial charge in [-0.15, -0.1) is 0 Å². The molecule has 2 aromatic carbocycles.